The zero-order valence-corrected chi connectivity index (χ0v) is 12.8. The first-order valence-electron chi connectivity index (χ1n) is 6.56. The minimum atomic E-state index is 0.295. The highest BCUT2D eigenvalue weighted by Crippen LogP contribution is 2.25. The Morgan fingerprint density at radius 3 is 2.50 bits per heavy atom. The number of nitrogens with one attached hydrogen (secondary N) is 1. The quantitative estimate of drug-likeness (QED) is 0.846. The van der Waals surface area contributed by atoms with E-state index in [1.54, 1.807) is 11.8 Å². The summed E-state index contributed by atoms with van der Waals surface area (Å²) in [6.07, 6.45) is 0. The fraction of sp³-hybridized carbons (Fsp3) is 0.786. The van der Waals surface area contributed by atoms with Gasteiger partial charge in [-0.15, -0.1) is 0 Å². The van der Waals surface area contributed by atoms with Gasteiger partial charge in [0.1, 0.15) is 0 Å². The number of nitrogens with zero attached hydrogens (tertiary/aromatic N) is 2. The Kier molecular flexibility index (Phi) is 4.79. The molecule has 0 saturated carbocycles. The molecule has 4 heteroatoms. The van der Waals surface area contributed by atoms with Gasteiger partial charge in [-0.2, -0.15) is 5.10 Å². The van der Waals surface area contributed by atoms with Crippen molar-refractivity contribution in [2.45, 2.75) is 41.2 Å². The van der Waals surface area contributed by atoms with E-state index < -0.39 is 0 Å². The van der Waals surface area contributed by atoms with Crippen molar-refractivity contribution in [3.05, 3.63) is 11.3 Å². The number of rotatable bonds is 6. The molecule has 0 atom stereocenters. The van der Waals surface area contributed by atoms with Crippen LogP contribution in [0.4, 0.5) is 0 Å². The lowest BCUT2D eigenvalue weighted by Crippen LogP contribution is -2.33. The summed E-state index contributed by atoms with van der Waals surface area (Å²) >= 11 is 0. The number of ether oxygens (including phenoxy) is 1. The SMILES string of the molecule is COc1c(CNCC(C)(C)C(C)C)c(C)nn1C. The van der Waals surface area contributed by atoms with E-state index in [0.29, 0.717) is 11.3 Å². The molecule has 4 nitrogen and oxygen atoms in total. The monoisotopic (exact) mass is 253 g/mol. The Morgan fingerprint density at radius 2 is 2.00 bits per heavy atom. The van der Waals surface area contributed by atoms with E-state index in [1.165, 1.54) is 0 Å². The van der Waals surface area contributed by atoms with Crippen LogP contribution in [0.25, 0.3) is 0 Å². The van der Waals surface area contributed by atoms with Gasteiger partial charge in [-0.25, -0.2) is 4.68 Å². The summed E-state index contributed by atoms with van der Waals surface area (Å²) in [7, 11) is 3.60. The molecule has 0 aliphatic rings. The average molecular weight is 253 g/mol. The van der Waals surface area contributed by atoms with Gasteiger partial charge in [0.2, 0.25) is 5.88 Å². The van der Waals surface area contributed by atoms with Crippen LogP contribution in [0.5, 0.6) is 5.88 Å². The lowest BCUT2D eigenvalue weighted by molar-refractivity contribution is 0.237. The molecule has 18 heavy (non-hydrogen) atoms. The largest absolute Gasteiger partial charge is 0.481 e. The first kappa shape index (κ1) is 15.0. The molecule has 1 N–H and O–H groups in total. The van der Waals surface area contributed by atoms with Crippen molar-refractivity contribution in [3.63, 3.8) is 0 Å². The fourth-order valence-electron chi connectivity index (χ4n) is 1.85. The second-order valence-electron chi connectivity index (χ2n) is 5.94. The van der Waals surface area contributed by atoms with E-state index in [-0.39, 0.29) is 0 Å². The van der Waals surface area contributed by atoms with Crippen LogP contribution in [-0.4, -0.2) is 23.4 Å². The van der Waals surface area contributed by atoms with E-state index in [2.05, 4.69) is 38.1 Å². The molecule has 0 aromatic carbocycles. The van der Waals surface area contributed by atoms with Gasteiger partial charge >= 0.3 is 0 Å². The Bertz CT molecular complexity index is 394. The zero-order chi connectivity index (χ0) is 13.9. The summed E-state index contributed by atoms with van der Waals surface area (Å²) in [5, 5.41) is 7.90. The maximum absolute atomic E-state index is 5.39. The highest BCUT2D eigenvalue weighted by atomic mass is 16.5. The molecule has 0 aliphatic carbocycles. The number of aromatic nitrogens is 2. The Balaban J connectivity index is 2.65. The van der Waals surface area contributed by atoms with Crippen molar-refractivity contribution >= 4 is 0 Å². The lowest BCUT2D eigenvalue weighted by atomic mass is 9.81. The molecule has 1 aromatic heterocycles. The van der Waals surface area contributed by atoms with Crippen molar-refractivity contribution < 1.29 is 4.74 Å². The number of hydrogen-bond acceptors (Lipinski definition) is 3. The van der Waals surface area contributed by atoms with Gasteiger partial charge in [0.25, 0.3) is 0 Å². The standard InChI is InChI=1S/C14H27N3O/c1-10(2)14(4,5)9-15-8-12-11(3)16-17(6)13(12)18-7/h10,15H,8-9H2,1-7H3. The fourth-order valence-corrected chi connectivity index (χ4v) is 1.85. The summed E-state index contributed by atoms with van der Waals surface area (Å²) < 4.78 is 7.18. The molecule has 0 unspecified atom stereocenters. The van der Waals surface area contributed by atoms with Crippen LogP contribution in [0.3, 0.4) is 0 Å². The molecule has 0 fully saturated rings. The average Bonchev–Trinajstić information content (AvgIpc) is 2.53. The van der Waals surface area contributed by atoms with Gasteiger partial charge in [0, 0.05) is 20.1 Å². The Labute approximate surface area is 111 Å². The van der Waals surface area contributed by atoms with Gasteiger partial charge < -0.3 is 10.1 Å². The lowest BCUT2D eigenvalue weighted by Gasteiger charge is -2.29. The normalized spacial score (nSPS) is 12.2. The number of aryl methyl sites for hydroxylation is 2. The summed E-state index contributed by atoms with van der Waals surface area (Å²) in [6, 6.07) is 0. The summed E-state index contributed by atoms with van der Waals surface area (Å²) in [5.41, 5.74) is 2.48. The molecular formula is C14H27N3O. The molecule has 104 valence electrons. The van der Waals surface area contributed by atoms with E-state index >= 15 is 0 Å². The molecule has 0 radical (unpaired) electrons. The van der Waals surface area contributed by atoms with Gasteiger partial charge in [-0.05, 0) is 18.3 Å². The highest BCUT2D eigenvalue weighted by molar-refractivity contribution is 5.30. The molecule has 0 saturated heterocycles. The first-order valence-corrected chi connectivity index (χ1v) is 6.56. The topological polar surface area (TPSA) is 39.1 Å². The van der Waals surface area contributed by atoms with Crippen LogP contribution in [0.1, 0.15) is 39.0 Å². The molecule has 1 rings (SSSR count). The Hall–Kier alpha value is -1.03. The van der Waals surface area contributed by atoms with E-state index in [4.69, 9.17) is 4.74 Å². The second kappa shape index (κ2) is 5.74. The minimum absolute atomic E-state index is 0.295. The third kappa shape index (κ3) is 3.25. The third-order valence-corrected chi connectivity index (χ3v) is 3.93. The molecule has 0 aliphatic heterocycles. The van der Waals surface area contributed by atoms with Crippen LogP contribution in [0, 0.1) is 18.3 Å². The second-order valence-corrected chi connectivity index (χ2v) is 5.94. The van der Waals surface area contributed by atoms with Crippen molar-refractivity contribution in [1.82, 2.24) is 15.1 Å². The van der Waals surface area contributed by atoms with Gasteiger partial charge in [0.15, 0.2) is 0 Å². The molecule has 0 amide bonds. The zero-order valence-electron chi connectivity index (χ0n) is 12.8. The summed E-state index contributed by atoms with van der Waals surface area (Å²) in [5.74, 6) is 1.50. The van der Waals surface area contributed by atoms with Crippen LogP contribution in [0.15, 0.2) is 0 Å². The highest BCUT2D eigenvalue weighted by Gasteiger charge is 2.22. The Morgan fingerprint density at radius 1 is 1.39 bits per heavy atom. The van der Waals surface area contributed by atoms with E-state index in [9.17, 15) is 0 Å². The molecule has 0 spiro atoms. The van der Waals surface area contributed by atoms with Crippen molar-refractivity contribution in [3.8, 4) is 5.88 Å². The molecule has 1 heterocycles. The van der Waals surface area contributed by atoms with Crippen LogP contribution in [0.2, 0.25) is 0 Å². The van der Waals surface area contributed by atoms with Crippen LogP contribution in [-0.2, 0) is 13.6 Å². The molecular weight excluding hydrogens is 226 g/mol. The van der Waals surface area contributed by atoms with E-state index in [1.807, 2.05) is 14.0 Å². The minimum Gasteiger partial charge on any atom is -0.481 e. The smallest absolute Gasteiger partial charge is 0.216 e. The molecule has 0 bridgehead atoms. The predicted octanol–water partition coefficient (Wildman–Crippen LogP) is 2.51. The van der Waals surface area contributed by atoms with Gasteiger partial charge in [-0.1, -0.05) is 27.7 Å². The van der Waals surface area contributed by atoms with E-state index in [0.717, 1.165) is 30.2 Å². The number of hydrogen-bond donors (Lipinski definition) is 1. The molecule has 1 aromatic rings. The summed E-state index contributed by atoms with van der Waals surface area (Å²) in [6.45, 7) is 12.9. The van der Waals surface area contributed by atoms with Gasteiger partial charge in [-0.3, -0.25) is 0 Å². The van der Waals surface area contributed by atoms with Gasteiger partial charge in [0.05, 0.1) is 18.4 Å². The van der Waals surface area contributed by atoms with Crippen LogP contribution < -0.4 is 10.1 Å². The van der Waals surface area contributed by atoms with Crippen molar-refractivity contribution in [2.24, 2.45) is 18.4 Å². The maximum atomic E-state index is 5.39. The first-order chi connectivity index (χ1) is 8.29. The maximum Gasteiger partial charge on any atom is 0.216 e. The predicted molar refractivity (Wildman–Crippen MR) is 74.8 cm³/mol. The van der Waals surface area contributed by atoms with Crippen molar-refractivity contribution in [2.75, 3.05) is 13.7 Å². The summed E-state index contributed by atoms with van der Waals surface area (Å²) in [4.78, 5) is 0. The third-order valence-electron chi connectivity index (χ3n) is 3.93. The van der Waals surface area contributed by atoms with Crippen molar-refractivity contribution in [1.29, 1.82) is 0 Å². The van der Waals surface area contributed by atoms with Crippen LogP contribution >= 0.6 is 0 Å². The number of methoxy groups -OCH3 is 1.